The maximum absolute atomic E-state index is 13.5. The van der Waals surface area contributed by atoms with Gasteiger partial charge in [0.05, 0.1) is 44.0 Å². The molecule has 2 atom stereocenters. The third kappa shape index (κ3) is 9.29. The molecule has 0 saturated carbocycles. The van der Waals surface area contributed by atoms with Crippen LogP contribution in [0.3, 0.4) is 0 Å². The van der Waals surface area contributed by atoms with Crippen molar-refractivity contribution in [2.45, 2.75) is 78.0 Å². The number of rotatable bonds is 11. The molecule has 1 aliphatic heterocycles. The molecule has 2 unspecified atom stereocenters. The average Bonchev–Trinajstić information content (AvgIpc) is 3.71. The van der Waals surface area contributed by atoms with Crippen molar-refractivity contribution in [3.05, 3.63) is 66.1 Å². The van der Waals surface area contributed by atoms with Gasteiger partial charge in [-0.25, -0.2) is 9.79 Å². The second-order valence-electron chi connectivity index (χ2n) is 14.1. The molecule has 3 N–H and O–H groups in total. The van der Waals surface area contributed by atoms with Gasteiger partial charge in [-0.3, -0.25) is 18.6 Å². The number of piperidine rings is 1. The average molecular weight is 719 g/mol. The number of anilines is 1. The van der Waals surface area contributed by atoms with Crippen LogP contribution in [0, 0.1) is 10.8 Å². The predicted molar refractivity (Wildman–Crippen MR) is 194 cm³/mol. The molecule has 2 amide bonds. The number of carbonyl (C=O) groups excluding carboxylic acids is 1. The molecule has 4 heterocycles. The highest BCUT2D eigenvalue weighted by molar-refractivity contribution is 7.85. The van der Waals surface area contributed by atoms with Crippen LogP contribution in [-0.2, 0) is 20.8 Å². The number of nitrogens with zero attached hydrogens (tertiary/aromatic N) is 7. The zero-order valence-corrected chi connectivity index (χ0v) is 30.3. The number of hydrogen-bond donors (Lipinski definition) is 3. The first-order chi connectivity index (χ1) is 24.3. The van der Waals surface area contributed by atoms with Crippen LogP contribution in [0.5, 0.6) is 5.75 Å². The number of nitrogens with one attached hydrogen (secondary N) is 3. The van der Waals surface area contributed by atoms with Crippen molar-refractivity contribution in [1.29, 1.82) is 5.41 Å². The maximum atomic E-state index is 13.5. The number of urea groups is 1. The quantitative estimate of drug-likeness (QED) is 0.105. The Balaban J connectivity index is 1.14. The van der Waals surface area contributed by atoms with Crippen LogP contribution in [0.2, 0.25) is 0 Å². The second kappa shape index (κ2) is 15.2. The van der Waals surface area contributed by atoms with Gasteiger partial charge in [-0.05, 0) is 60.8 Å². The van der Waals surface area contributed by atoms with Gasteiger partial charge in [-0.1, -0.05) is 45.0 Å². The van der Waals surface area contributed by atoms with E-state index in [0.717, 1.165) is 60.7 Å². The van der Waals surface area contributed by atoms with Crippen molar-refractivity contribution < 1.29 is 22.1 Å². The summed E-state index contributed by atoms with van der Waals surface area (Å²) in [6.07, 6.45) is 10.8. The van der Waals surface area contributed by atoms with Gasteiger partial charge in [0.15, 0.2) is 5.65 Å². The molecule has 2 aliphatic rings. The van der Waals surface area contributed by atoms with Gasteiger partial charge in [0.2, 0.25) is 5.95 Å². The minimum Gasteiger partial charge on any atom is -0.484 e. The number of aliphatic imine (C=N–C) groups is 1. The van der Waals surface area contributed by atoms with E-state index in [1.54, 1.807) is 6.20 Å². The number of amidine groups is 1. The molecular weight excluding hydrogens is 673 g/mol. The van der Waals surface area contributed by atoms with E-state index in [1.807, 2.05) is 67.8 Å². The van der Waals surface area contributed by atoms with Crippen molar-refractivity contribution in [3.8, 4) is 5.75 Å². The predicted octanol–water partition coefficient (Wildman–Crippen LogP) is 5.33. The molecule has 1 aliphatic carbocycles. The Morgan fingerprint density at radius 1 is 1.04 bits per heavy atom. The lowest BCUT2D eigenvalue weighted by Crippen LogP contribution is -2.43. The van der Waals surface area contributed by atoms with Crippen molar-refractivity contribution in [2.24, 2.45) is 10.4 Å². The lowest BCUT2D eigenvalue weighted by molar-refractivity contribution is 0.171. The van der Waals surface area contributed by atoms with Crippen LogP contribution in [0.1, 0.15) is 82.6 Å². The van der Waals surface area contributed by atoms with Gasteiger partial charge >= 0.3 is 6.03 Å². The fraction of sp³-hybridized carbons (Fsp3) is 0.486. The first-order valence-corrected chi connectivity index (χ1v) is 19.1. The van der Waals surface area contributed by atoms with Crippen molar-refractivity contribution in [1.82, 2.24) is 35.0 Å². The molecule has 1 fully saturated rings. The summed E-state index contributed by atoms with van der Waals surface area (Å²) in [7, 11) is -3.57. The Labute approximate surface area is 298 Å². The molecule has 0 radical (unpaired) electrons. The summed E-state index contributed by atoms with van der Waals surface area (Å²) in [5.74, 6) is 1.85. The van der Waals surface area contributed by atoms with Crippen molar-refractivity contribution >= 4 is 45.0 Å². The molecule has 15 nitrogen and oxygen atoms in total. The van der Waals surface area contributed by atoms with Gasteiger partial charge in [0.25, 0.3) is 10.1 Å². The van der Waals surface area contributed by atoms with E-state index in [-0.39, 0.29) is 37.6 Å². The molecule has 16 heteroatoms. The van der Waals surface area contributed by atoms with Gasteiger partial charge in [-0.2, -0.15) is 13.5 Å². The smallest absolute Gasteiger partial charge is 0.320 e. The maximum Gasteiger partial charge on any atom is 0.320 e. The number of aromatic nitrogens is 5. The van der Waals surface area contributed by atoms with Crippen molar-refractivity contribution in [2.75, 3.05) is 30.9 Å². The number of hydrogen-bond acceptors (Lipinski definition) is 11. The molecular formula is C35H46N10O5S. The highest BCUT2D eigenvalue weighted by atomic mass is 32.2. The number of pyridine rings is 1. The largest absolute Gasteiger partial charge is 0.484 e. The lowest BCUT2D eigenvalue weighted by atomic mass is 9.85. The molecule has 3 aromatic heterocycles. The fourth-order valence-corrected chi connectivity index (χ4v) is 6.64. The zero-order chi connectivity index (χ0) is 36.2. The Hall–Kier alpha value is -4.83. The lowest BCUT2D eigenvalue weighted by Gasteiger charge is -2.32. The minimum absolute atomic E-state index is 0.0718. The van der Waals surface area contributed by atoms with Gasteiger partial charge < -0.3 is 20.4 Å². The summed E-state index contributed by atoms with van der Waals surface area (Å²) in [6, 6.07) is 11.1. The summed E-state index contributed by atoms with van der Waals surface area (Å²) >= 11 is 0. The van der Waals surface area contributed by atoms with E-state index in [4.69, 9.17) is 14.3 Å². The van der Waals surface area contributed by atoms with E-state index in [0.29, 0.717) is 24.2 Å². The third-order valence-corrected chi connectivity index (χ3v) is 9.62. The summed E-state index contributed by atoms with van der Waals surface area (Å²) in [6.45, 7) is 7.85. The van der Waals surface area contributed by atoms with E-state index in [1.165, 1.54) is 17.3 Å². The van der Waals surface area contributed by atoms with Crippen LogP contribution in [0.25, 0.3) is 5.65 Å². The fourth-order valence-electron chi connectivity index (χ4n) is 6.27. The monoisotopic (exact) mass is 718 g/mol. The number of ether oxygens (including phenoxy) is 1. The number of amides is 2. The molecule has 51 heavy (non-hydrogen) atoms. The Morgan fingerprint density at radius 3 is 2.55 bits per heavy atom. The molecule has 0 spiro atoms. The molecule has 6 rings (SSSR count). The number of carbonyl (C=O) groups is 1. The minimum atomic E-state index is -3.57. The van der Waals surface area contributed by atoms with Crippen LogP contribution >= 0.6 is 0 Å². The standard InChI is InChI=1S/C35H46N10O5S/c1-35(2,3)30(36)20-31(38-24-21-37-44(22-24)18-19-49-51(4,47)48)40-33(46)39-28-13-14-29(27-11-7-6-10-26(27)28)50-25-12-15-32-41-42-34(45(32)23-25)43-16-8-5-9-17-43/h6-7,10-12,15,21-23,28-29,36H,5,8-9,13-14,16-20H2,1-4H3,(H2,38,39,40,46). The third-order valence-electron chi connectivity index (χ3n) is 9.02. The van der Waals surface area contributed by atoms with Gasteiger partial charge in [0, 0.05) is 25.2 Å². The summed E-state index contributed by atoms with van der Waals surface area (Å²) in [5, 5.41) is 27.7. The zero-order valence-electron chi connectivity index (χ0n) is 29.5. The first kappa shape index (κ1) is 36.0. The Morgan fingerprint density at radius 2 is 1.80 bits per heavy atom. The van der Waals surface area contributed by atoms with Crippen molar-refractivity contribution in [3.63, 3.8) is 0 Å². The normalized spacial score (nSPS) is 18.4. The highest BCUT2D eigenvalue weighted by Crippen LogP contribution is 2.39. The van der Waals surface area contributed by atoms with Crippen LogP contribution in [0.4, 0.5) is 16.4 Å². The summed E-state index contributed by atoms with van der Waals surface area (Å²) in [4.78, 5) is 20.4. The van der Waals surface area contributed by atoms with E-state index >= 15 is 0 Å². The second-order valence-corrected chi connectivity index (χ2v) is 15.7. The number of benzene rings is 1. The highest BCUT2D eigenvalue weighted by Gasteiger charge is 2.30. The van der Waals surface area contributed by atoms with Gasteiger partial charge in [-0.15, -0.1) is 10.2 Å². The molecule has 0 bridgehead atoms. The summed E-state index contributed by atoms with van der Waals surface area (Å²) < 4.78 is 37.5. The topological polar surface area (TPSA) is 181 Å². The molecule has 1 aromatic carbocycles. The number of fused-ring (bicyclic) bond motifs is 2. The van der Waals surface area contributed by atoms with E-state index in [9.17, 15) is 13.2 Å². The van der Waals surface area contributed by atoms with Crippen LogP contribution in [-0.4, -0.2) is 76.3 Å². The van der Waals surface area contributed by atoms with Crippen LogP contribution < -0.4 is 20.3 Å². The van der Waals surface area contributed by atoms with E-state index in [2.05, 4.69) is 35.8 Å². The first-order valence-electron chi connectivity index (χ1n) is 17.3. The molecule has 1 saturated heterocycles. The van der Waals surface area contributed by atoms with Crippen LogP contribution in [0.15, 0.2) is 60.0 Å². The molecule has 4 aromatic rings. The molecule has 272 valence electrons. The van der Waals surface area contributed by atoms with E-state index < -0.39 is 21.6 Å². The van der Waals surface area contributed by atoms with Gasteiger partial charge in [0.1, 0.15) is 23.4 Å². The SMILES string of the molecule is CC(C)(C)C(=N)CC(=Nc1cnn(CCOS(C)(=O)=O)c1)NC(=O)NC1CCC(Oc2ccc3nnc(N4CCCCC4)n3c2)c2ccccc21. The summed E-state index contributed by atoms with van der Waals surface area (Å²) in [5.41, 5.74) is 3.16. The Kier molecular flexibility index (Phi) is 10.7. The Bertz CT molecular complexity index is 2010.